The van der Waals surface area contributed by atoms with Crippen LogP contribution in [0.2, 0.25) is 0 Å². The molecule has 0 N–H and O–H groups in total. The minimum absolute atomic E-state index is 0.310. The zero-order chi connectivity index (χ0) is 16.7. The Labute approximate surface area is 137 Å². The largest absolute Gasteiger partial charge is 0.488 e. The summed E-state index contributed by atoms with van der Waals surface area (Å²) in [6.45, 7) is 6.68. The first-order chi connectivity index (χ1) is 11.1. The number of hydrogen-bond donors (Lipinski definition) is 0. The van der Waals surface area contributed by atoms with Gasteiger partial charge in [0.1, 0.15) is 12.4 Å². The Kier molecular flexibility index (Phi) is 5.98. The van der Waals surface area contributed by atoms with Gasteiger partial charge in [0.15, 0.2) is 0 Å². The van der Waals surface area contributed by atoms with Crippen molar-refractivity contribution >= 4 is 12.0 Å². The zero-order valence-corrected chi connectivity index (χ0v) is 13.8. The summed E-state index contributed by atoms with van der Waals surface area (Å²) in [5.41, 5.74) is 4.25. The number of ether oxygens (including phenoxy) is 2. The van der Waals surface area contributed by atoms with Crippen LogP contribution in [0.1, 0.15) is 26.3 Å². The van der Waals surface area contributed by atoms with E-state index in [9.17, 15) is 4.79 Å². The molecule has 0 saturated heterocycles. The average molecular weight is 310 g/mol. The van der Waals surface area contributed by atoms with E-state index < -0.39 is 0 Å². The molecule has 1 aromatic carbocycles. The lowest BCUT2D eigenvalue weighted by atomic mass is 10.0. The second-order valence-electron chi connectivity index (χ2n) is 5.35. The third kappa shape index (κ3) is 4.99. The Morgan fingerprint density at radius 1 is 1.30 bits per heavy atom. The Morgan fingerprint density at radius 3 is 2.87 bits per heavy atom. The van der Waals surface area contributed by atoms with Crippen LogP contribution >= 0.6 is 0 Å². The lowest BCUT2D eigenvalue weighted by molar-refractivity contribution is -0.137. The maximum absolute atomic E-state index is 11.3. The molecule has 3 nitrogen and oxygen atoms in total. The molecule has 3 heteroatoms. The van der Waals surface area contributed by atoms with Crippen molar-refractivity contribution in [1.82, 2.24) is 0 Å². The molecular formula is C20H22O3. The highest BCUT2D eigenvalue weighted by Crippen LogP contribution is 2.28. The second kappa shape index (κ2) is 8.18. The van der Waals surface area contributed by atoms with Crippen LogP contribution in [-0.2, 0) is 9.53 Å². The van der Waals surface area contributed by atoms with Crippen molar-refractivity contribution in [1.29, 1.82) is 0 Å². The molecule has 0 unspecified atom stereocenters. The monoisotopic (exact) mass is 310 g/mol. The molecule has 0 amide bonds. The molecule has 1 heterocycles. The van der Waals surface area contributed by atoms with E-state index in [1.807, 2.05) is 49.4 Å². The molecule has 0 fully saturated rings. The summed E-state index contributed by atoms with van der Waals surface area (Å²) in [6.07, 6.45) is 9.48. The summed E-state index contributed by atoms with van der Waals surface area (Å²) >= 11 is 0. The van der Waals surface area contributed by atoms with E-state index in [1.165, 1.54) is 6.08 Å². The molecule has 120 valence electrons. The van der Waals surface area contributed by atoms with Crippen molar-refractivity contribution in [3.63, 3.8) is 0 Å². The minimum atomic E-state index is -0.310. The van der Waals surface area contributed by atoms with E-state index in [2.05, 4.69) is 13.0 Å². The zero-order valence-electron chi connectivity index (χ0n) is 13.8. The van der Waals surface area contributed by atoms with Crippen LogP contribution in [0.15, 0.2) is 65.3 Å². The third-order valence-electron chi connectivity index (χ3n) is 3.48. The van der Waals surface area contributed by atoms with Crippen LogP contribution in [0.3, 0.4) is 0 Å². The molecule has 0 aromatic heterocycles. The van der Waals surface area contributed by atoms with Gasteiger partial charge in [-0.15, -0.1) is 0 Å². The molecule has 0 spiro atoms. The SMILES string of the molecule is CCOC(=O)C=C(C)C=CC=C(C)C1=Cc2ccccc2OC1. The van der Waals surface area contributed by atoms with E-state index in [0.29, 0.717) is 13.2 Å². The van der Waals surface area contributed by atoms with Gasteiger partial charge >= 0.3 is 5.97 Å². The first kappa shape index (κ1) is 16.8. The number of carbonyl (C=O) groups excluding carboxylic acids is 1. The van der Waals surface area contributed by atoms with Crippen LogP contribution in [0, 0.1) is 0 Å². The highest BCUT2D eigenvalue weighted by Gasteiger charge is 2.11. The Hall–Kier alpha value is -2.55. The number of fused-ring (bicyclic) bond motifs is 1. The van der Waals surface area contributed by atoms with Crippen molar-refractivity contribution in [2.45, 2.75) is 20.8 Å². The fraction of sp³-hybridized carbons (Fsp3) is 0.250. The maximum atomic E-state index is 11.3. The van der Waals surface area contributed by atoms with Gasteiger partial charge < -0.3 is 9.47 Å². The smallest absolute Gasteiger partial charge is 0.330 e. The minimum Gasteiger partial charge on any atom is -0.488 e. The molecule has 1 aromatic rings. The standard InChI is InChI=1S/C20H22O3/c1-4-22-20(21)12-15(2)8-7-9-16(3)18-13-17-10-5-6-11-19(17)23-14-18/h5-13H,4,14H2,1-3H3. The van der Waals surface area contributed by atoms with Gasteiger partial charge in [0.05, 0.1) is 6.61 Å². The Bertz CT molecular complexity index is 691. The number of allylic oxidation sites excluding steroid dienone is 4. The number of benzene rings is 1. The normalized spacial score (nSPS) is 15.0. The Balaban J connectivity index is 2.05. The number of rotatable bonds is 5. The molecule has 23 heavy (non-hydrogen) atoms. The van der Waals surface area contributed by atoms with Crippen molar-refractivity contribution in [3.8, 4) is 5.75 Å². The second-order valence-corrected chi connectivity index (χ2v) is 5.35. The summed E-state index contributed by atoms with van der Waals surface area (Å²) in [4.78, 5) is 11.3. The number of para-hydroxylation sites is 1. The van der Waals surface area contributed by atoms with Crippen molar-refractivity contribution < 1.29 is 14.3 Å². The van der Waals surface area contributed by atoms with E-state index in [1.54, 1.807) is 6.92 Å². The van der Waals surface area contributed by atoms with Gasteiger partial charge in [-0.25, -0.2) is 4.79 Å². The van der Waals surface area contributed by atoms with Gasteiger partial charge in [0.25, 0.3) is 0 Å². The summed E-state index contributed by atoms with van der Waals surface area (Å²) in [6, 6.07) is 8.00. The van der Waals surface area contributed by atoms with Crippen LogP contribution in [0.4, 0.5) is 0 Å². The maximum Gasteiger partial charge on any atom is 0.330 e. The molecule has 0 saturated carbocycles. The molecular weight excluding hydrogens is 288 g/mol. The van der Waals surface area contributed by atoms with Crippen LogP contribution in [0.5, 0.6) is 5.75 Å². The van der Waals surface area contributed by atoms with Gasteiger partial charge in [-0.05, 0) is 49.6 Å². The van der Waals surface area contributed by atoms with Crippen molar-refractivity contribution in [2.24, 2.45) is 0 Å². The number of carbonyl (C=O) groups is 1. The lowest BCUT2D eigenvalue weighted by Crippen LogP contribution is -2.07. The van der Waals surface area contributed by atoms with Gasteiger partial charge in [-0.1, -0.05) is 36.4 Å². The van der Waals surface area contributed by atoms with Gasteiger partial charge in [-0.3, -0.25) is 0 Å². The van der Waals surface area contributed by atoms with E-state index >= 15 is 0 Å². The fourth-order valence-corrected chi connectivity index (χ4v) is 2.21. The highest BCUT2D eigenvalue weighted by molar-refractivity contribution is 5.83. The van der Waals surface area contributed by atoms with Crippen molar-refractivity contribution in [3.05, 3.63) is 70.9 Å². The third-order valence-corrected chi connectivity index (χ3v) is 3.48. The van der Waals surface area contributed by atoms with Crippen molar-refractivity contribution in [2.75, 3.05) is 13.2 Å². The summed E-state index contributed by atoms with van der Waals surface area (Å²) in [5, 5.41) is 0. The summed E-state index contributed by atoms with van der Waals surface area (Å²) in [7, 11) is 0. The number of esters is 1. The van der Waals surface area contributed by atoms with Gasteiger partial charge in [0, 0.05) is 11.6 Å². The van der Waals surface area contributed by atoms with Crippen LogP contribution < -0.4 is 4.74 Å². The summed E-state index contributed by atoms with van der Waals surface area (Å²) < 4.78 is 10.6. The molecule has 0 bridgehead atoms. The molecule has 0 atom stereocenters. The lowest BCUT2D eigenvalue weighted by Gasteiger charge is -2.18. The highest BCUT2D eigenvalue weighted by atomic mass is 16.5. The molecule has 2 rings (SSSR count). The van der Waals surface area contributed by atoms with Gasteiger partial charge in [-0.2, -0.15) is 0 Å². The molecule has 1 aliphatic rings. The van der Waals surface area contributed by atoms with E-state index in [4.69, 9.17) is 9.47 Å². The molecule has 0 aliphatic carbocycles. The summed E-state index contributed by atoms with van der Waals surface area (Å²) in [5.74, 6) is 0.614. The van der Waals surface area contributed by atoms with E-state index in [0.717, 1.165) is 28.0 Å². The quantitative estimate of drug-likeness (QED) is 0.457. The number of hydrogen-bond acceptors (Lipinski definition) is 3. The average Bonchev–Trinajstić information content (AvgIpc) is 2.54. The topological polar surface area (TPSA) is 35.5 Å². The van der Waals surface area contributed by atoms with Gasteiger partial charge in [0.2, 0.25) is 0 Å². The van der Waals surface area contributed by atoms with E-state index in [-0.39, 0.29) is 5.97 Å². The molecule has 0 radical (unpaired) electrons. The first-order valence-electron chi connectivity index (χ1n) is 7.73. The van der Waals surface area contributed by atoms with Crippen LogP contribution in [0.25, 0.3) is 6.08 Å². The predicted octanol–water partition coefficient (Wildman–Crippen LogP) is 4.47. The van der Waals surface area contributed by atoms with Crippen LogP contribution in [-0.4, -0.2) is 19.2 Å². The fourth-order valence-electron chi connectivity index (χ4n) is 2.21. The molecule has 1 aliphatic heterocycles. The predicted molar refractivity (Wildman–Crippen MR) is 93.2 cm³/mol. The first-order valence-corrected chi connectivity index (χ1v) is 7.73. The Morgan fingerprint density at radius 2 is 2.09 bits per heavy atom.